The van der Waals surface area contributed by atoms with E-state index in [1.165, 1.54) is 11.3 Å². The smallest absolute Gasteiger partial charge is 0.329 e. The molecule has 302 valence electrons. The summed E-state index contributed by atoms with van der Waals surface area (Å²) in [4.78, 5) is 61.6. The molecule has 13 nitrogen and oxygen atoms in total. The van der Waals surface area contributed by atoms with E-state index in [2.05, 4.69) is 45.0 Å². The minimum absolute atomic E-state index is 0.0775. The number of aryl methyl sites for hydroxylation is 1. The summed E-state index contributed by atoms with van der Waals surface area (Å²) in [5, 5.41) is 17.9. The number of rotatable bonds is 11. The van der Waals surface area contributed by atoms with Crippen molar-refractivity contribution in [2.45, 2.75) is 103 Å². The van der Waals surface area contributed by atoms with Crippen LogP contribution in [-0.2, 0) is 27.9 Å². The minimum atomic E-state index is -0.774. The topological polar surface area (TPSA) is 138 Å². The number of piperazine rings is 1. The Balaban J connectivity index is 0.876. The van der Waals surface area contributed by atoms with Gasteiger partial charge >= 0.3 is 6.03 Å². The molecule has 0 spiro atoms. The molecular formula is C42H52ClN9O4S. The Kier molecular flexibility index (Phi) is 11.8. The van der Waals surface area contributed by atoms with Gasteiger partial charge in [0.25, 0.3) is 5.91 Å². The molecule has 2 aromatic carbocycles. The lowest BCUT2D eigenvalue weighted by Crippen LogP contribution is -2.58. The third-order valence-electron chi connectivity index (χ3n) is 12.5. The Morgan fingerprint density at radius 3 is 2.46 bits per heavy atom. The molecule has 3 saturated heterocycles. The van der Waals surface area contributed by atoms with Crippen molar-refractivity contribution in [3.05, 3.63) is 52.5 Å². The molecule has 2 atom stereocenters. The normalized spacial score (nSPS) is 24.7. The van der Waals surface area contributed by atoms with Gasteiger partial charge in [0.05, 0.1) is 28.3 Å². The predicted octanol–water partition coefficient (Wildman–Crippen LogP) is 5.80. The lowest BCUT2D eigenvalue weighted by Gasteiger charge is -2.44. The summed E-state index contributed by atoms with van der Waals surface area (Å²) in [7, 11) is 1.82. The van der Waals surface area contributed by atoms with E-state index >= 15 is 0 Å². The average molecular weight is 814 g/mol. The van der Waals surface area contributed by atoms with Crippen LogP contribution in [0.1, 0.15) is 83.8 Å². The molecule has 3 aromatic rings. The van der Waals surface area contributed by atoms with Crippen molar-refractivity contribution < 1.29 is 19.2 Å². The molecule has 1 aliphatic carbocycles. The van der Waals surface area contributed by atoms with Crippen LogP contribution in [0.2, 0.25) is 5.02 Å². The lowest BCUT2D eigenvalue weighted by molar-refractivity contribution is -0.124. The van der Waals surface area contributed by atoms with Crippen LogP contribution in [0.3, 0.4) is 0 Å². The number of amides is 4. The van der Waals surface area contributed by atoms with Crippen LogP contribution in [0.15, 0.2) is 36.4 Å². The first-order valence-electron chi connectivity index (χ1n) is 20.1. The maximum absolute atomic E-state index is 13.7. The number of ketones is 1. The monoisotopic (exact) mass is 813 g/mol. The van der Waals surface area contributed by atoms with E-state index in [1.54, 1.807) is 27.8 Å². The number of para-hydroxylation sites is 1. The number of imide groups is 1. The van der Waals surface area contributed by atoms with Crippen LogP contribution < -0.4 is 15.1 Å². The number of fused-ring (bicyclic) bond motifs is 1. The molecule has 1 aromatic heterocycles. The number of thiocarbonyl (C=S) groups is 1. The van der Waals surface area contributed by atoms with Crippen LogP contribution in [0.5, 0.6) is 0 Å². The van der Waals surface area contributed by atoms with Crippen molar-refractivity contribution in [2.75, 3.05) is 42.5 Å². The third kappa shape index (κ3) is 8.04. The van der Waals surface area contributed by atoms with Crippen molar-refractivity contribution >= 4 is 75.0 Å². The van der Waals surface area contributed by atoms with Gasteiger partial charge in [-0.15, -0.1) is 0 Å². The van der Waals surface area contributed by atoms with E-state index in [-0.39, 0.29) is 55.1 Å². The summed E-state index contributed by atoms with van der Waals surface area (Å²) < 4.78 is 1.72. The van der Waals surface area contributed by atoms with Crippen LogP contribution >= 0.6 is 23.8 Å². The summed E-state index contributed by atoms with van der Waals surface area (Å²) >= 11 is 12.2. The summed E-state index contributed by atoms with van der Waals surface area (Å²) in [6, 6.07) is 13.0. The van der Waals surface area contributed by atoms with Crippen LogP contribution in [0.4, 0.5) is 16.3 Å². The summed E-state index contributed by atoms with van der Waals surface area (Å²) in [6.45, 7) is 11.8. The number of anilines is 2. The summed E-state index contributed by atoms with van der Waals surface area (Å²) in [6.07, 6.45) is 6.94. The lowest BCUT2D eigenvalue weighted by atomic mass is 9.82. The van der Waals surface area contributed by atoms with Gasteiger partial charge in [0.1, 0.15) is 11.6 Å². The molecule has 4 heterocycles. The Morgan fingerprint density at radius 2 is 1.79 bits per heavy atom. The first-order valence-corrected chi connectivity index (χ1v) is 20.9. The maximum Gasteiger partial charge on any atom is 0.329 e. The Hall–Kier alpha value is -4.42. The first-order chi connectivity index (χ1) is 27.2. The van der Waals surface area contributed by atoms with Gasteiger partial charge in [0.2, 0.25) is 5.91 Å². The molecule has 0 unspecified atom stereocenters. The number of halogens is 1. The average Bonchev–Trinajstić information content (AvgIpc) is 3.58. The molecule has 7 rings (SSSR count). The van der Waals surface area contributed by atoms with Crippen molar-refractivity contribution in [2.24, 2.45) is 13.0 Å². The number of carbonyl (C=O) groups excluding carboxylic acids is 4. The van der Waals surface area contributed by atoms with E-state index in [9.17, 15) is 24.4 Å². The second kappa shape index (κ2) is 16.4. The molecule has 57 heavy (non-hydrogen) atoms. The highest BCUT2D eigenvalue weighted by Crippen LogP contribution is 2.40. The van der Waals surface area contributed by atoms with E-state index in [1.807, 2.05) is 39.1 Å². The SMILES string of the molecule is C[C@@H]1CN(CCCC2CCC(N3C(=S)N(c4ccc(C#N)c(Cl)c4)C(=O)C3(C)C)CC2)C[C@H](C)N1CC(=O)Cc1cccc2c(N3CCC(=O)NC3=O)nn(C)c12. The number of hydrogen-bond donors (Lipinski definition) is 1. The largest absolute Gasteiger partial charge is 0.331 e. The quantitative estimate of drug-likeness (QED) is 0.237. The molecule has 1 N–H and O–H groups in total. The number of hydrogen-bond acceptors (Lipinski definition) is 9. The number of nitrogens with zero attached hydrogens (tertiary/aromatic N) is 8. The standard InChI is InChI=1S/C42H52ClN9O4S/c1-26-23-48(18-7-8-28-11-14-31(15-12-28)52-41(57)51(39(55)42(52,3)4)32-16-13-30(22-44)35(43)21-32)24-27(2)50(26)25-33(53)20-29-9-6-10-34-37(29)47(5)46-38(34)49-19-17-36(54)45-40(49)56/h6,9-10,13,16,21,26-28,31H,7-8,11-12,14-15,17-20,23-25H2,1-5H3,(H,45,54,56)/t26-,27+,28?,31?. The van der Waals surface area contributed by atoms with Gasteiger partial charge in [-0.25, -0.2) is 4.79 Å². The van der Waals surface area contributed by atoms with Crippen molar-refractivity contribution in [1.82, 2.24) is 29.8 Å². The molecule has 0 bridgehead atoms. The summed E-state index contributed by atoms with van der Waals surface area (Å²) in [5.74, 6) is 0.901. The highest BCUT2D eigenvalue weighted by atomic mass is 35.5. The number of benzene rings is 2. The molecule has 1 saturated carbocycles. The first kappa shape index (κ1) is 40.8. The maximum atomic E-state index is 13.7. The van der Waals surface area contributed by atoms with Crippen LogP contribution in [0.25, 0.3) is 10.9 Å². The zero-order chi connectivity index (χ0) is 40.8. The second-order valence-electron chi connectivity index (χ2n) is 16.8. The van der Waals surface area contributed by atoms with Gasteiger partial charge in [-0.3, -0.25) is 39.1 Å². The zero-order valence-corrected chi connectivity index (χ0v) is 35.0. The minimum Gasteiger partial charge on any atom is -0.331 e. The van der Waals surface area contributed by atoms with Gasteiger partial charge < -0.3 is 9.80 Å². The number of nitriles is 1. The van der Waals surface area contributed by atoms with Gasteiger partial charge in [-0.1, -0.05) is 23.7 Å². The third-order valence-corrected chi connectivity index (χ3v) is 13.2. The molecule has 15 heteroatoms. The van der Waals surface area contributed by atoms with Gasteiger partial charge in [0.15, 0.2) is 16.7 Å². The Morgan fingerprint density at radius 1 is 1.07 bits per heavy atom. The van der Waals surface area contributed by atoms with E-state index in [0.717, 1.165) is 68.2 Å². The van der Waals surface area contributed by atoms with Gasteiger partial charge in [0, 0.05) is 63.0 Å². The predicted molar refractivity (Wildman–Crippen MR) is 224 cm³/mol. The van der Waals surface area contributed by atoms with Crippen LogP contribution in [-0.4, -0.2) is 110 Å². The molecule has 4 fully saturated rings. The molecular weight excluding hydrogens is 762 g/mol. The highest BCUT2D eigenvalue weighted by Gasteiger charge is 2.52. The number of nitrogens with one attached hydrogen (secondary N) is 1. The molecule has 0 radical (unpaired) electrons. The Bertz CT molecular complexity index is 2130. The second-order valence-corrected chi connectivity index (χ2v) is 17.6. The molecule has 4 aliphatic rings. The van der Waals surface area contributed by atoms with E-state index in [4.69, 9.17) is 23.8 Å². The number of urea groups is 1. The number of Topliss-reactive ketones (excluding diaryl/α,β-unsaturated/α-hetero) is 1. The van der Waals surface area contributed by atoms with E-state index in [0.29, 0.717) is 39.7 Å². The number of carbonyl (C=O) groups is 4. The fourth-order valence-electron chi connectivity index (χ4n) is 9.62. The summed E-state index contributed by atoms with van der Waals surface area (Å²) in [5.41, 5.74) is 1.87. The molecule has 4 amide bonds. The van der Waals surface area contributed by atoms with E-state index < -0.39 is 11.6 Å². The van der Waals surface area contributed by atoms with Crippen molar-refractivity contribution in [3.63, 3.8) is 0 Å². The zero-order valence-electron chi connectivity index (χ0n) is 33.5. The fourth-order valence-corrected chi connectivity index (χ4v) is 10.4. The fraction of sp³-hybridized carbons (Fsp3) is 0.548. The Labute approximate surface area is 344 Å². The highest BCUT2D eigenvalue weighted by molar-refractivity contribution is 7.80. The van der Waals surface area contributed by atoms with Gasteiger partial charge in [-0.2, -0.15) is 10.4 Å². The van der Waals surface area contributed by atoms with Crippen molar-refractivity contribution in [1.29, 1.82) is 5.26 Å². The molecule has 3 aliphatic heterocycles. The number of aromatic nitrogens is 2. The van der Waals surface area contributed by atoms with Crippen LogP contribution in [0, 0.1) is 17.2 Å². The van der Waals surface area contributed by atoms with Gasteiger partial charge in [-0.05, 0) is 121 Å². The van der Waals surface area contributed by atoms with Crippen molar-refractivity contribution in [3.8, 4) is 6.07 Å².